The maximum absolute atomic E-state index is 12.6. The van der Waals surface area contributed by atoms with Crippen molar-refractivity contribution in [3.63, 3.8) is 0 Å². The third-order valence-corrected chi connectivity index (χ3v) is 4.90. The molecule has 130 valence electrons. The fraction of sp³-hybridized carbons (Fsp3) is 0.600. The first-order valence-corrected chi connectivity index (χ1v) is 8.72. The van der Waals surface area contributed by atoms with Gasteiger partial charge in [-0.25, -0.2) is 0 Å². The summed E-state index contributed by atoms with van der Waals surface area (Å²) >= 11 is 0. The van der Waals surface area contributed by atoms with Crippen LogP contribution in [0.4, 0.5) is 0 Å². The van der Waals surface area contributed by atoms with Crippen molar-refractivity contribution >= 4 is 5.97 Å². The van der Waals surface area contributed by atoms with Gasteiger partial charge in [0.15, 0.2) is 0 Å². The highest BCUT2D eigenvalue weighted by Crippen LogP contribution is 2.39. The molecule has 1 heterocycles. The van der Waals surface area contributed by atoms with E-state index in [0.717, 1.165) is 6.42 Å². The lowest BCUT2D eigenvalue weighted by molar-refractivity contribution is -0.156. The Morgan fingerprint density at radius 2 is 2.12 bits per heavy atom. The zero-order chi connectivity index (χ0) is 17.6. The van der Waals surface area contributed by atoms with Crippen molar-refractivity contribution in [2.75, 3.05) is 13.2 Å². The summed E-state index contributed by atoms with van der Waals surface area (Å²) < 4.78 is 10.6. The second-order valence-electron chi connectivity index (χ2n) is 7.05. The Labute approximate surface area is 144 Å². The van der Waals surface area contributed by atoms with Gasteiger partial charge in [0, 0.05) is 5.92 Å². The predicted molar refractivity (Wildman–Crippen MR) is 92.3 cm³/mol. The van der Waals surface area contributed by atoms with Crippen LogP contribution in [0.3, 0.4) is 0 Å². The number of carbonyl (C=O) groups excluding carboxylic acids is 1. The molecule has 1 aromatic carbocycles. The minimum atomic E-state index is -0.551. The van der Waals surface area contributed by atoms with Crippen molar-refractivity contribution in [3.8, 4) is 6.07 Å². The van der Waals surface area contributed by atoms with Crippen LogP contribution in [0.5, 0.6) is 0 Å². The zero-order valence-electron chi connectivity index (χ0n) is 14.8. The maximum Gasteiger partial charge on any atom is 0.311 e. The molecule has 4 heteroatoms. The number of benzene rings is 1. The molecular weight excluding hydrogens is 302 g/mol. The molecule has 0 aromatic heterocycles. The number of esters is 1. The van der Waals surface area contributed by atoms with E-state index < -0.39 is 5.41 Å². The minimum absolute atomic E-state index is 0.0489. The highest BCUT2D eigenvalue weighted by Gasteiger charge is 2.37. The first-order valence-electron chi connectivity index (χ1n) is 8.72. The van der Waals surface area contributed by atoms with Crippen LogP contribution in [-0.4, -0.2) is 25.3 Å². The molecule has 0 aliphatic carbocycles. The third-order valence-electron chi connectivity index (χ3n) is 4.90. The van der Waals surface area contributed by atoms with E-state index in [4.69, 9.17) is 9.47 Å². The van der Waals surface area contributed by atoms with E-state index in [1.165, 1.54) is 5.56 Å². The molecule has 2 rings (SSSR count). The van der Waals surface area contributed by atoms with Gasteiger partial charge in [0.25, 0.3) is 0 Å². The third kappa shape index (κ3) is 5.07. The predicted octanol–water partition coefficient (Wildman–Crippen LogP) is 4.07. The van der Waals surface area contributed by atoms with E-state index >= 15 is 0 Å². The number of epoxide rings is 1. The van der Waals surface area contributed by atoms with Crippen molar-refractivity contribution in [2.24, 2.45) is 11.3 Å². The lowest BCUT2D eigenvalue weighted by Gasteiger charge is -2.31. The maximum atomic E-state index is 12.6. The molecule has 0 radical (unpaired) electrons. The Bertz CT molecular complexity index is 576. The number of nitriles is 1. The highest BCUT2D eigenvalue weighted by molar-refractivity contribution is 5.76. The Morgan fingerprint density at radius 1 is 1.46 bits per heavy atom. The molecule has 1 aliphatic heterocycles. The van der Waals surface area contributed by atoms with Gasteiger partial charge in [-0.3, -0.25) is 4.79 Å². The normalized spacial score (nSPS) is 21.2. The SMILES string of the molecule is CCC(C)(CC(CC(C)C#N)c1ccccc1)C(=O)OCC1CO1. The van der Waals surface area contributed by atoms with E-state index in [9.17, 15) is 10.1 Å². The number of ether oxygens (including phenoxy) is 2. The number of hydrogen-bond donors (Lipinski definition) is 0. The average Bonchev–Trinajstić information content (AvgIpc) is 3.43. The van der Waals surface area contributed by atoms with Crippen LogP contribution < -0.4 is 0 Å². The van der Waals surface area contributed by atoms with E-state index in [1.807, 2.05) is 39.0 Å². The first-order chi connectivity index (χ1) is 11.5. The van der Waals surface area contributed by atoms with Crippen LogP contribution in [0.1, 0.15) is 51.5 Å². The molecule has 1 fully saturated rings. The van der Waals surface area contributed by atoms with Gasteiger partial charge < -0.3 is 9.47 Å². The van der Waals surface area contributed by atoms with E-state index in [-0.39, 0.29) is 23.9 Å². The van der Waals surface area contributed by atoms with Crippen LogP contribution in [0, 0.1) is 22.7 Å². The Hall–Kier alpha value is -1.86. The number of rotatable bonds is 9. The number of carbonyl (C=O) groups is 1. The summed E-state index contributed by atoms with van der Waals surface area (Å²) in [7, 11) is 0. The topological polar surface area (TPSA) is 62.6 Å². The average molecular weight is 329 g/mol. The fourth-order valence-corrected chi connectivity index (χ4v) is 2.96. The van der Waals surface area contributed by atoms with Gasteiger partial charge in [0.2, 0.25) is 0 Å². The summed E-state index contributed by atoms with van der Waals surface area (Å²) in [5.74, 6) is -0.0474. The van der Waals surface area contributed by atoms with Gasteiger partial charge in [0.05, 0.1) is 18.1 Å². The van der Waals surface area contributed by atoms with Crippen LogP contribution in [0.25, 0.3) is 0 Å². The largest absolute Gasteiger partial charge is 0.462 e. The van der Waals surface area contributed by atoms with Crippen molar-refractivity contribution < 1.29 is 14.3 Å². The summed E-state index contributed by atoms with van der Waals surface area (Å²) in [5.41, 5.74) is 0.627. The molecular formula is C20H27NO3. The molecule has 0 amide bonds. The Balaban J connectivity index is 2.11. The standard InChI is InChI=1S/C20H27NO3/c1-4-20(3,19(22)24-14-18-13-23-18)11-17(10-15(2)12-21)16-8-6-5-7-9-16/h5-9,15,17-18H,4,10-11,13-14H2,1-3H3. The summed E-state index contributed by atoms with van der Waals surface area (Å²) in [6.45, 7) is 6.95. The Kier molecular flexibility index (Phi) is 6.39. The van der Waals surface area contributed by atoms with Gasteiger partial charge >= 0.3 is 5.97 Å². The van der Waals surface area contributed by atoms with Gasteiger partial charge in [0.1, 0.15) is 12.7 Å². The van der Waals surface area contributed by atoms with E-state index in [1.54, 1.807) is 0 Å². The van der Waals surface area contributed by atoms with Gasteiger partial charge in [-0.05, 0) is 44.6 Å². The summed E-state index contributed by atoms with van der Waals surface area (Å²) in [6.07, 6.45) is 2.22. The molecule has 0 saturated carbocycles. The molecule has 1 aliphatic rings. The summed E-state index contributed by atoms with van der Waals surface area (Å²) in [6, 6.07) is 12.5. The van der Waals surface area contributed by atoms with Gasteiger partial charge in [-0.15, -0.1) is 0 Å². The quantitative estimate of drug-likeness (QED) is 0.506. The molecule has 4 unspecified atom stereocenters. The molecule has 4 atom stereocenters. The lowest BCUT2D eigenvalue weighted by atomic mass is 9.74. The van der Waals surface area contributed by atoms with Gasteiger partial charge in [-0.2, -0.15) is 5.26 Å². The molecule has 24 heavy (non-hydrogen) atoms. The van der Waals surface area contributed by atoms with Crippen molar-refractivity contribution in [2.45, 2.75) is 52.1 Å². The molecule has 1 aromatic rings. The van der Waals surface area contributed by atoms with Crippen LogP contribution in [0.2, 0.25) is 0 Å². The summed E-state index contributed by atoms with van der Waals surface area (Å²) in [5, 5.41) is 9.19. The zero-order valence-corrected chi connectivity index (χ0v) is 14.8. The monoisotopic (exact) mass is 329 g/mol. The van der Waals surface area contributed by atoms with Crippen molar-refractivity contribution in [1.29, 1.82) is 5.26 Å². The molecule has 4 nitrogen and oxygen atoms in total. The van der Waals surface area contributed by atoms with Crippen LogP contribution in [0.15, 0.2) is 30.3 Å². The first kappa shape index (κ1) is 18.5. The highest BCUT2D eigenvalue weighted by atomic mass is 16.6. The minimum Gasteiger partial charge on any atom is -0.462 e. The smallest absolute Gasteiger partial charge is 0.311 e. The second-order valence-corrected chi connectivity index (χ2v) is 7.05. The van der Waals surface area contributed by atoms with Crippen molar-refractivity contribution in [3.05, 3.63) is 35.9 Å². The van der Waals surface area contributed by atoms with E-state index in [2.05, 4.69) is 18.2 Å². The molecule has 0 N–H and O–H groups in total. The number of hydrogen-bond acceptors (Lipinski definition) is 4. The fourth-order valence-electron chi connectivity index (χ4n) is 2.96. The summed E-state index contributed by atoms with van der Waals surface area (Å²) in [4.78, 5) is 12.6. The number of nitrogens with zero attached hydrogens (tertiary/aromatic N) is 1. The van der Waals surface area contributed by atoms with Gasteiger partial charge in [-0.1, -0.05) is 37.3 Å². The van der Waals surface area contributed by atoms with Crippen LogP contribution >= 0.6 is 0 Å². The molecule has 0 bridgehead atoms. The molecule has 1 saturated heterocycles. The molecule has 0 spiro atoms. The second kappa shape index (κ2) is 8.30. The van der Waals surface area contributed by atoms with Crippen molar-refractivity contribution in [1.82, 2.24) is 0 Å². The Morgan fingerprint density at radius 3 is 2.67 bits per heavy atom. The van der Waals surface area contributed by atoms with E-state index in [0.29, 0.717) is 26.1 Å². The van der Waals surface area contributed by atoms with Crippen LogP contribution in [-0.2, 0) is 14.3 Å². The lowest BCUT2D eigenvalue weighted by Crippen LogP contribution is -2.32.